The summed E-state index contributed by atoms with van der Waals surface area (Å²) in [5, 5.41) is 0. The Morgan fingerprint density at radius 2 is 1.19 bits per heavy atom. The summed E-state index contributed by atoms with van der Waals surface area (Å²) in [4.78, 5) is 15.1. The number of carbonyl (C=O) groups excluding carboxylic acids is 1. The number of ether oxygens (including phenoxy) is 2. The van der Waals surface area contributed by atoms with Crippen molar-refractivity contribution in [2.45, 2.75) is 19.1 Å². The van der Waals surface area contributed by atoms with E-state index in [-0.39, 0.29) is 5.91 Å². The Bertz CT molecular complexity index is 856. The largest absolute Gasteiger partial charge is 0.482 e. The van der Waals surface area contributed by atoms with E-state index in [9.17, 15) is 4.79 Å². The molecule has 4 heteroatoms. The number of benzene rings is 3. The molecule has 0 spiro atoms. The van der Waals surface area contributed by atoms with Crippen LogP contribution < -0.4 is 14.4 Å². The monoisotopic (exact) mass is 345 g/mol. The number of hydrogen-bond donors (Lipinski definition) is 0. The fourth-order valence-electron chi connectivity index (χ4n) is 3.08. The Hall–Kier alpha value is -3.27. The molecule has 0 saturated carbocycles. The molecule has 3 aromatic rings. The van der Waals surface area contributed by atoms with Crippen molar-refractivity contribution in [3.05, 3.63) is 84.9 Å². The van der Waals surface area contributed by atoms with Crippen molar-refractivity contribution >= 4 is 17.3 Å². The van der Waals surface area contributed by atoms with Gasteiger partial charge in [-0.1, -0.05) is 48.5 Å². The molecule has 1 aliphatic rings. The van der Waals surface area contributed by atoms with Crippen LogP contribution in [0.25, 0.3) is 0 Å². The third kappa shape index (κ3) is 3.02. The van der Waals surface area contributed by atoms with E-state index in [1.165, 1.54) is 0 Å². The molecule has 130 valence electrons. The van der Waals surface area contributed by atoms with Crippen LogP contribution in [0, 0.1) is 0 Å². The van der Waals surface area contributed by atoms with Crippen LogP contribution in [0.1, 0.15) is 6.92 Å². The first-order valence-corrected chi connectivity index (χ1v) is 8.60. The molecule has 0 bridgehead atoms. The average molecular weight is 345 g/mol. The maximum absolute atomic E-state index is 13.4. The summed E-state index contributed by atoms with van der Waals surface area (Å²) in [6, 6.07) is 26.6. The van der Waals surface area contributed by atoms with E-state index < -0.39 is 12.2 Å². The number of nitrogens with zero attached hydrogens (tertiary/aromatic N) is 1. The van der Waals surface area contributed by atoms with Gasteiger partial charge in [0.2, 0.25) is 6.10 Å². The lowest BCUT2D eigenvalue weighted by Crippen LogP contribution is -2.49. The lowest BCUT2D eigenvalue weighted by atomic mass is 10.1. The Labute approximate surface area is 152 Å². The summed E-state index contributed by atoms with van der Waals surface area (Å²) < 4.78 is 11.9. The van der Waals surface area contributed by atoms with Crippen molar-refractivity contribution in [3.8, 4) is 11.5 Å². The minimum absolute atomic E-state index is 0.163. The van der Waals surface area contributed by atoms with Crippen LogP contribution in [0.15, 0.2) is 84.9 Å². The summed E-state index contributed by atoms with van der Waals surface area (Å²) in [6.07, 6.45) is -1.13. The molecule has 0 fully saturated rings. The van der Waals surface area contributed by atoms with Crippen LogP contribution in [0.5, 0.6) is 11.5 Å². The zero-order chi connectivity index (χ0) is 17.9. The van der Waals surface area contributed by atoms with Crippen LogP contribution in [-0.2, 0) is 4.79 Å². The van der Waals surface area contributed by atoms with Crippen LogP contribution in [-0.4, -0.2) is 18.1 Å². The first-order chi connectivity index (χ1) is 12.7. The third-order valence-corrected chi connectivity index (χ3v) is 4.33. The predicted molar refractivity (Wildman–Crippen MR) is 101 cm³/mol. The van der Waals surface area contributed by atoms with Gasteiger partial charge in [-0.25, -0.2) is 0 Å². The van der Waals surface area contributed by atoms with Crippen molar-refractivity contribution in [1.82, 2.24) is 0 Å². The van der Waals surface area contributed by atoms with Gasteiger partial charge in [-0.05, 0) is 43.3 Å². The van der Waals surface area contributed by atoms with Gasteiger partial charge in [0.25, 0.3) is 5.91 Å². The summed E-state index contributed by atoms with van der Waals surface area (Å²) in [7, 11) is 0. The van der Waals surface area contributed by atoms with Crippen molar-refractivity contribution in [1.29, 1.82) is 0 Å². The van der Waals surface area contributed by atoms with Gasteiger partial charge in [0.1, 0.15) is 6.10 Å². The van der Waals surface area contributed by atoms with Crippen molar-refractivity contribution in [2.75, 3.05) is 4.90 Å². The molecule has 1 aliphatic heterocycles. The van der Waals surface area contributed by atoms with Gasteiger partial charge in [0.15, 0.2) is 11.5 Å². The molecule has 2 atom stereocenters. The number of rotatable bonds is 3. The second-order valence-corrected chi connectivity index (χ2v) is 6.15. The Morgan fingerprint density at radius 3 is 1.73 bits per heavy atom. The fourth-order valence-corrected chi connectivity index (χ4v) is 3.08. The molecule has 1 amide bonds. The van der Waals surface area contributed by atoms with E-state index in [4.69, 9.17) is 9.47 Å². The van der Waals surface area contributed by atoms with Crippen molar-refractivity contribution < 1.29 is 14.3 Å². The molecular formula is C22H19NO3. The molecule has 26 heavy (non-hydrogen) atoms. The van der Waals surface area contributed by atoms with Gasteiger partial charge in [-0.15, -0.1) is 0 Å². The average Bonchev–Trinajstić information content (AvgIpc) is 2.69. The highest BCUT2D eigenvalue weighted by atomic mass is 16.6. The first-order valence-electron chi connectivity index (χ1n) is 8.60. The van der Waals surface area contributed by atoms with Gasteiger partial charge in [0, 0.05) is 11.4 Å². The lowest BCUT2D eigenvalue weighted by Gasteiger charge is -2.34. The summed E-state index contributed by atoms with van der Waals surface area (Å²) in [6.45, 7) is 1.85. The van der Waals surface area contributed by atoms with Crippen molar-refractivity contribution in [3.63, 3.8) is 0 Å². The van der Waals surface area contributed by atoms with Gasteiger partial charge >= 0.3 is 0 Å². The first kappa shape index (κ1) is 16.2. The number of fused-ring (bicyclic) bond motifs is 1. The predicted octanol–water partition coefficient (Wildman–Crippen LogP) is 4.58. The van der Waals surface area contributed by atoms with Crippen LogP contribution >= 0.6 is 0 Å². The number of carbonyl (C=O) groups is 1. The maximum Gasteiger partial charge on any atom is 0.276 e. The molecule has 3 aromatic carbocycles. The summed E-state index contributed by atoms with van der Waals surface area (Å²) in [5.41, 5.74) is 1.58. The molecule has 0 aromatic heterocycles. The topological polar surface area (TPSA) is 38.8 Å². The normalized spacial score (nSPS) is 18.2. The van der Waals surface area contributed by atoms with Gasteiger partial charge in [0.05, 0.1) is 0 Å². The highest BCUT2D eigenvalue weighted by molar-refractivity contribution is 6.03. The number of amides is 1. The van der Waals surface area contributed by atoms with E-state index in [2.05, 4.69) is 0 Å². The number of hydrogen-bond acceptors (Lipinski definition) is 3. The minimum Gasteiger partial charge on any atom is -0.482 e. The second kappa shape index (κ2) is 6.92. The molecule has 1 heterocycles. The molecule has 0 aliphatic carbocycles. The van der Waals surface area contributed by atoms with E-state index >= 15 is 0 Å². The smallest absolute Gasteiger partial charge is 0.276 e. The lowest BCUT2D eigenvalue weighted by molar-refractivity contribution is -0.129. The standard InChI is InChI=1S/C22H19NO3/c1-16-21(26-20-15-9-8-14-19(20)25-16)22(24)23(17-10-4-2-5-11-17)18-12-6-3-7-13-18/h2-16,21H,1H3/t16-,21+/m1/s1. The Morgan fingerprint density at radius 1 is 0.731 bits per heavy atom. The molecule has 4 rings (SSSR count). The Balaban J connectivity index is 1.71. The van der Waals surface area contributed by atoms with E-state index in [1.807, 2.05) is 91.9 Å². The van der Waals surface area contributed by atoms with Gasteiger partial charge in [-0.3, -0.25) is 9.69 Å². The van der Waals surface area contributed by atoms with Crippen LogP contribution in [0.4, 0.5) is 11.4 Å². The Kier molecular flexibility index (Phi) is 4.32. The van der Waals surface area contributed by atoms with Crippen LogP contribution in [0.2, 0.25) is 0 Å². The maximum atomic E-state index is 13.4. The molecule has 4 nitrogen and oxygen atoms in total. The minimum atomic E-state index is -0.731. The zero-order valence-electron chi connectivity index (χ0n) is 14.4. The fraction of sp³-hybridized carbons (Fsp3) is 0.136. The second-order valence-electron chi connectivity index (χ2n) is 6.15. The molecular weight excluding hydrogens is 326 g/mol. The number of para-hydroxylation sites is 4. The van der Waals surface area contributed by atoms with E-state index in [1.54, 1.807) is 4.90 Å². The van der Waals surface area contributed by atoms with Crippen molar-refractivity contribution in [2.24, 2.45) is 0 Å². The molecule has 0 unspecified atom stereocenters. The number of anilines is 2. The highest BCUT2D eigenvalue weighted by Crippen LogP contribution is 2.35. The molecule has 0 N–H and O–H groups in total. The van der Waals surface area contributed by atoms with Gasteiger partial charge < -0.3 is 9.47 Å². The highest BCUT2D eigenvalue weighted by Gasteiger charge is 2.37. The summed E-state index contributed by atoms with van der Waals surface area (Å²) in [5.74, 6) is 1.09. The van der Waals surface area contributed by atoms with Gasteiger partial charge in [-0.2, -0.15) is 0 Å². The van der Waals surface area contributed by atoms with Crippen LogP contribution in [0.3, 0.4) is 0 Å². The SMILES string of the molecule is C[C@H]1Oc2ccccc2O[C@@H]1C(=O)N(c1ccccc1)c1ccccc1. The summed E-state index contributed by atoms with van der Waals surface area (Å²) >= 11 is 0. The molecule has 0 radical (unpaired) electrons. The van der Waals surface area contributed by atoms with E-state index in [0.717, 1.165) is 11.4 Å². The zero-order valence-corrected chi connectivity index (χ0v) is 14.4. The van der Waals surface area contributed by atoms with E-state index in [0.29, 0.717) is 11.5 Å². The molecule has 0 saturated heterocycles. The third-order valence-electron chi connectivity index (χ3n) is 4.33. The quantitative estimate of drug-likeness (QED) is 0.697.